The minimum atomic E-state index is -0.268. The number of allylic oxidation sites excluding steroid dienone is 1. The zero-order valence-electron chi connectivity index (χ0n) is 10.2. The minimum absolute atomic E-state index is 0.0814. The van der Waals surface area contributed by atoms with E-state index in [-0.39, 0.29) is 11.2 Å². The molecule has 0 heterocycles. The van der Waals surface area contributed by atoms with Gasteiger partial charge in [0.2, 0.25) is 0 Å². The van der Waals surface area contributed by atoms with Crippen LogP contribution in [0.25, 0.3) is 6.08 Å². The van der Waals surface area contributed by atoms with Crippen LogP contribution in [-0.4, -0.2) is 5.60 Å². The van der Waals surface area contributed by atoms with Crippen molar-refractivity contribution in [2.75, 3.05) is 0 Å². The van der Waals surface area contributed by atoms with Gasteiger partial charge in [0.1, 0.15) is 29.1 Å². The molecule has 3 nitrogen and oxygen atoms in total. The Bertz CT molecular complexity index is 494. The van der Waals surface area contributed by atoms with Gasteiger partial charge in [0.05, 0.1) is 0 Å². The second kappa shape index (κ2) is 5.18. The third-order valence-electron chi connectivity index (χ3n) is 1.83. The third kappa shape index (κ3) is 4.40. The van der Waals surface area contributed by atoms with E-state index >= 15 is 0 Å². The normalized spacial score (nSPS) is 9.94. The van der Waals surface area contributed by atoms with Crippen LogP contribution in [0, 0.1) is 22.7 Å². The van der Waals surface area contributed by atoms with Crippen molar-refractivity contribution in [1.82, 2.24) is 0 Å². The van der Waals surface area contributed by atoms with E-state index in [0.717, 1.165) is 11.3 Å². The van der Waals surface area contributed by atoms with Crippen LogP contribution in [0.5, 0.6) is 5.75 Å². The fourth-order valence-electron chi connectivity index (χ4n) is 1.28. The van der Waals surface area contributed by atoms with Crippen LogP contribution in [0.2, 0.25) is 0 Å². The van der Waals surface area contributed by atoms with Crippen LogP contribution in [0.3, 0.4) is 0 Å². The fourth-order valence-corrected chi connectivity index (χ4v) is 1.28. The van der Waals surface area contributed by atoms with Crippen molar-refractivity contribution in [2.24, 2.45) is 0 Å². The Morgan fingerprint density at radius 2 is 1.88 bits per heavy atom. The van der Waals surface area contributed by atoms with E-state index in [0.29, 0.717) is 0 Å². The van der Waals surface area contributed by atoms with Gasteiger partial charge in [0, 0.05) is 0 Å². The molecule has 0 aromatic heterocycles. The Balaban J connectivity index is 3.00. The van der Waals surface area contributed by atoms with Crippen molar-refractivity contribution >= 4 is 6.08 Å². The van der Waals surface area contributed by atoms with E-state index < -0.39 is 0 Å². The average Bonchev–Trinajstić information content (AvgIpc) is 2.24. The second-order valence-corrected chi connectivity index (χ2v) is 4.57. The largest absolute Gasteiger partial charge is 0.488 e. The number of nitriles is 2. The molecule has 0 bridgehead atoms. The SMILES string of the molecule is CC(C)(C)Oc1cccc(C=C(C#N)C#N)c1. The van der Waals surface area contributed by atoms with Crippen LogP contribution in [0.15, 0.2) is 29.8 Å². The summed E-state index contributed by atoms with van der Waals surface area (Å²) >= 11 is 0. The summed E-state index contributed by atoms with van der Waals surface area (Å²) in [6.45, 7) is 5.89. The molecule has 0 fully saturated rings. The highest BCUT2D eigenvalue weighted by Crippen LogP contribution is 2.20. The smallest absolute Gasteiger partial charge is 0.130 e. The van der Waals surface area contributed by atoms with E-state index in [1.807, 2.05) is 51.1 Å². The number of ether oxygens (including phenoxy) is 1. The lowest BCUT2D eigenvalue weighted by atomic mass is 10.1. The molecule has 0 N–H and O–H groups in total. The summed E-state index contributed by atoms with van der Waals surface area (Å²) in [5.41, 5.74) is 0.595. The standard InChI is InChI=1S/C14H14N2O/c1-14(2,3)17-13-6-4-5-11(8-13)7-12(9-15)10-16/h4-8H,1-3H3. The second-order valence-electron chi connectivity index (χ2n) is 4.57. The highest BCUT2D eigenvalue weighted by atomic mass is 16.5. The molecule has 0 radical (unpaired) electrons. The van der Waals surface area contributed by atoms with Gasteiger partial charge in [-0.1, -0.05) is 12.1 Å². The molecule has 0 spiro atoms. The molecule has 0 amide bonds. The summed E-state index contributed by atoms with van der Waals surface area (Å²) in [5, 5.41) is 17.3. The van der Waals surface area contributed by atoms with E-state index in [4.69, 9.17) is 15.3 Å². The summed E-state index contributed by atoms with van der Waals surface area (Å²) in [5.74, 6) is 0.724. The summed E-state index contributed by atoms with van der Waals surface area (Å²) < 4.78 is 5.70. The highest BCUT2D eigenvalue weighted by Gasteiger charge is 2.11. The van der Waals surface area contributed by atoms with Gasteiger partial charge in [0.25, 0.3) is 0 Å². The van der Waals surface area contributed by atoms with Crippen LogP contribution in [0.1, 0.15) is 26.3 Å². The first-order chi connectivity index (χ1) is 7.94. The van der Waals surface area contributed by atoms with E-state index in [1.165, 1.54) is 6.08 Å². The minimum Gasteiger partial charge on any atom is -0.488 e. The predicted octanol–water partition coefficient (Wildman–Crippen LogP) is 3.29. The van der Waals surface area contributed by atoms with Crippen LogP contribution < -0.4 is 4.74 Å². The highest BCUT2D eigenvalue weighted by molar-refractivity contribution is 5.62. The summed E-state index contributed by atoms with van der Waals surface area (Å²) in [6, 6.07) is 11.0. The summed E-state index contributed by atoms with van der Waals surface area (Å²) in [7, 11) is 0. The van der Waals surface area contributed by atoms with Crippen molar-refractivity contribution in [3.8, 4) is 17.9 Å². The zero-order chi connectivity index (χ0) is 12.9. The number of benzene rings is 1. The molecule has 0 aliphatic rings. The van der Waals surface area contributed by atoms with Crippen molar-refractivity contribution < 1.29 is 4.74 Å². The molecule has 1 rings (SSSR count). The Hall–Kier alpha value is -2.26. The van der Waals surface area contributed by atoms with Crippen LogP contribution in [0.4, 0.5) is 0 Å². The number of hydrogen-bond donors (Lipinski definition) is 0. The van der Waals surface area contributed by atoms with E-state index in [9.17, 15) is 0 Å². The maximum Gasteiger partial charge on any atom is 0.130 e. The lowest BCUT2D eigenvalue weighted by Gasteiger charge is -2.21. The number of nitrogens with zero attached hydrogens (tertiary/aromatic N) is 2. The van der Waals surface area contributed by atoms with Gasteiger partial charge in [-0.15, -0.1) is 0 Å². The number of hydrogen-bond acceptors (Lipinski definition) is 3. The monoisotopic (exact) mass is 226 g/mol. The van der Waals surface area contributed by atoms with Crippen molar-refractivity contribution in [3.63, 3.8) is 0 Å². The molecule has 0 aliphatic heterocycles. The van der Waals surface area contributed by atoms with Gasteiger partial charge in [-0.05, 0) is 44.5 Å². The molecule has 0 aliphatic carbocycles. The molecule has 86 valence electrons. The van der Waals surface area contributed by atoms with Gasteiger partial charge in [-0.25, -0.2) is 0 Å². The van der Waals surface area contributed by atoms with Crippen molar-refractivity contribution in [1.29, 1.82) is 10.5 Å². The predicted molar refractivity (Wildman–Crippen MR) is 66.0 cm³/mol. The maximum absolute atomic E-state index is 8.67. The Morgan fingerprint density at radius 3 is 2.41 bits per heavy atom. The average molecular weight is 226 g/mol. The molecule has 0 atom stereocenters. The lowest BCUT2D eigenvalue weighted by molar-refractivity contribution is 0.131. The molecule has 1 aromatic rings. The van der Waals surface area contributed by atoms with E-state index in [2.05, 4.69) is 0 Å². The molecular formula is C14H14N2O. The quantitative estimate of drug-likeness (QED) is 0.727. The van der Waals surface area contributed by atoms with E-state index in [1.54, 1.807) is 6.07 Å². The molecule has 0 unspecified atom stereocenters. The summed E-state index contributed by atoms with van der Waals surface area (Å²) in [4.78, 5) is 0. The molecule has 3 heteroatoms. The third-order valence-corrected chi connectivity index (χ3v) is 1.83. The first kappa shape index (κ1) is 12.8. The van der Waals surface area contributed by atoms with Crippen LogP contribution in [-0.2, 0) is 0 Å². The maximum atomic E-state index is 8.67. The van der Waals surface area contributed by atoms with Gasteiger partial charge >= 0.3 is 0 Å². The Kier molecular flexibility index (Phi) is 3.91. The van der Waals surface area contributed by atoms with Gasteiger partial charge in [-0.3, -0.25) is 0 Å². The first-order valence-electron chi connectivity index (χ1n) is 5.25. The molecule has 17 heavy (non-hydrogen) atoms. The lowest BCUT2D eigenvalue weighted by Crippen LogP contribution is -2.22. The topological polar surface area (TPSA) is 56.8 Å². The summed E-state index contributed by atoms with van der Waals surface area (Å²) in [6.07, 6.45) is 1.54. The number of rotatable bonds is 2. The molecule has 0 saturated heterocycles. The zero-order valence-corrected chi connectivity index (χ0v) is 10.2. The molecular weight excluding hydrogens is 212 g/mol. The van der Waals surface area contributed by atoms with Gasteiger partial charge < -0.3 is 4.74 Å². The molecule has 1 aromatic carbocycles. The van der Waals surface area contributed by atoms with Gasteiger partial charge in [-0.2, -0.15) is 10.5 Å². The first-order valence-corrected chi connectivity index (χ1v) is 5.25. The van der Waals surface area contributed by atoms with Crippen molar-refractivity contribution in [3.05, 3.63) is 35.4 Å². The van der Waals surface area contributed by atoms with Crippen LogP contribution >= 0.6 is 0 Å². The molecule has 0 saturated carbocycles. The fraction of sp³-hybridized carbons (Fsp3) is 0.286. The van der Waals surface area contributed by atoms with Crippen molar-refractivity contribution in [2.45, 2.75) is 26.4 Å². The Morgan fingerprint density at radius 1 is 1.24 bits per heavy atom. The van der Waals surface area contributed by atoms with Gasteiger partial charge in [0.15, 0.2) is 0 Å². The Labute approximate surface area is 102 Å².